The molecule has 9 heteroatoms. The molecular formula is C8H6F2N4O2S. The fourth-order valence-electron chi connectivity index (χ4n) is 1.17. The quantitative estimate of drug-likeness (QED) is 0.810. The second-order valence-corrected chi connectivity index (χ2v) is 4.97. The van der Waals surface area contributed by atoms with E-state index in [0.29, 0.717) is 5.69 Å². The van der Waals surface area contributed by atoms with Crippen LogP contribution in [0.25, 0.3) is 5.69 Å². The van der Waals surface area contributed by atoms with Gasteiger partial charge in [0.15, 0.2) is 0 Å². The Bertz CT molecular complexity index is 595. The van der Waals surface area contributed by atoms with Gasteiger partial charge < -0.3 is 0 Å². The molecule has 0 aliphatic rings. The van der Waals surface area contributed by atoms with Gasteiger partial charge in [0.05, 0.1) is 10.6 Å². The molecule has 0 unspecified atom stereocenters. The summed E-state index contributed by atoms with van der Waals surface area (Å²) in [5.74, 6) is -3.43. The van der Waals surface area contributed by atoms with Gasteiger partial charge in [-0.1, -0.05) is 0 Å². The van der Waals surface area contributed by atoms with E-state index in [4.69, 9.17) is 0 Å². The van der Waals surface area contributed by atoms with Crippen molar-refractivity contribution in [1.29, 1.82) is 0 Å². The summed E-state index contributed by atoms with van der Waals surface area (Å²) in [6.45, 7) is 0. The Hall–Kier alpha value is -1.90. The number of tetrazole rings is 1. The molecule has 0 saturated heterocycles. The Kier molecular flexibility index (Phi) is 2.84. The second kappa shape index (κ2) is 4.17. The SMILES string of the molecule is O=S(=O)(c1ccc(-n2cnnn2)cc1)C(F)F. The zero-order valence-electron chi connectivity index (χ0n) is 8.23. The van der Waals surface area contributed by atoms with Crippen molar-refractivity contribution in [3.63, 3.8) is 0 Å². The normalized spacial score (nSPS) is 11.9. The number of alkyl halides is 2. The minimum Gasteiger partial charge on any atom is -0.218 e. The highest BCUT2D eigenvalue weighted by molar-refractivity contribution is 7.91. The number of aromatic nitrogens is 4. The van der Waals surface area contributed by atoms with E-state index in [1.165, 1.54) is 23.1 Å². The first kappa shape index (κ1) is 11.6. The highest BCUT2D eigenvalue weighted by atomic mass is 32.2. The van der Waals surface area contributed by atoms with Crippen molar-refractivity contribution >= 4 is 9.84 Å². The fourth-order valence-corrected chi connectivity index (χ4v) is 1.89. The van der Waals surface area contributed by atoms with Crippen LogP contribution in [0, 0.1) is 0 Å². The zero-order valence-corrected chi connectivity index (χ0v) is 9.05. The molecule has 1 heterocycles. The lowest BCUT2D eigenvalue weighted by molar-refractivity contribution is 0.234. The van der Waals surface area contributed by atoms with Gasteiger partial charge >= 0.3 is 5.76 Å². The smallest absolute Gasteiger partial charge is 0.218 e. The summed E-state index contributed by atoms with van der Waals surface area (Å²) < 4.78 is 48.0. The number of sulfone groups is 1. The molecule has 0 bridgehead atoms. The summed E-state index contributed by atoms with van der Waals surface area (Å²) in [4.78, 5) is -0.440. The largest absolute Gasteiger partial charge is 0.341 e. The molecule has 90 valence electrons. The number of halogens is 2. The van der Waals surface area contributed by atoms with Crippen LogP contribution in [0.15, 0.2) is 35.5 Å². The highest BCUT2D eigenvalue weighted by Crippen LogP contribution is 2.19. The van der Waals surface area contributed by atoms with E-state index >= 15 is 0 Å². The van der Waals surface area contributed by atoms with Crippen LogP contribution in [0.5, 0.6) is 0 Å². The molecule has 0 aliphatic carbocycles. The van der Waals surface area contributed by atoms with Gasteiger partial charge in [0.1, 0.15) is 6.33 Å². The molecule has 0 radical (unpaired) electrons. The minimum atomic E-state index is -4.56. The molecule has 0 fully saturated rings. The molecule has 2 rings (SSSR count). The number of rotatable bonds is 3. The van der Waals surface area contributed by atoms with Gasteiger partial charge in [0, 0.05) is 0 Å². The number of benzene rings is 1. The Balaban J connectivity index is 2.38. The lowest BCUT2D eigenvalue weighted by Gasteiger charge is -2.04. The van der Waals surface area contributed by atoms with Gasteiger partial charge in [0.2, 0.25) is 9.84 Å². The van der Waals surface area contributed by atoms with Crippen LogP contribution in [0.1, 0.15) is 0 Å². The van der Waals surface area contributed by atoms with E-state index in [2.05, 4.69) is 15.5 Å². The predicted molar refractivity (Wildman–Crippen MR) is 52.3 cm³/mol. The lowest BCUT2D eigenvalue weighted by Crippen LogP contribution is -2.11. The Morgan fingerprint density at radius 2 is 1.82 bits per heavy atom. The molecule has 6 nitrogen and oxygen atoms in total. The summed E-state index contributed by atoms with van der Waals surface area (Å²) >= 11 is 0. The molecule has 2 aromatic rings. The van der Waals surface area contributed by atoms with Gasteiger partial charge in [-0.15, -0.1) is 5.10 Å². The Morgan fingerprint density at radius 1 is 1.18 bits per heavy atom. The summed E-state index contributed by atoms with van der Waals surface area (Å²) in [5.41, 5.74) is 0.475. The molecule has 1 aromatic heterocycles. The fraction of sp³-hybridized carbons (Fsp3) is 0.125. The van der Waals surface area contributed by atoms with Crippen molar-refractivity contribution in [2.45, 2.75) is 10.7 Å². The summed E-state index contributed by atoms with van der Waals surface area (Å²) in [6.07, 6.45) is 1.30. The van der Waals surface area contributed by atoms with Crippen molar-refractivity contribution in [2.24, 2.45) is 0 Å². The standard InChI is InChI=1S/C8H6F2N4O2S/c9-8(10)17(15,16)7-3-1-6(2-4-7)14-5-11-12-13-14/h1-5,8H. The maximum Gasteiger partial charge on any atom is 0.341 e. The molecular weight excluding hydrogens is 254 g/mol. The third kappa shape index (κ3) is 2.13. The Morgan fingerprint density at radius 3 is 2.29 bits per heavy atom. The second-order valence-electron chi connectivity index (χ2n) is 3.05. The van der Waals surface area contributed by atoms with Crippen LogP contribution < -0.4 is 0 Å². The van der Waals surface area contributed by atoms with Gasteiger partial charge in [0.25, 0.3) is 0 Å². The van der Waals surface area contributed by atoms with Crippen LogP contribution in [0.3, 0.4) is 0 Å². The van der Waals surface area contributed by atoms with E-state index in [1.807, 2.05) is 0 Å². The average Bonchev–Trinajstić information content (AvgIpc) is 2.82. The average molecular weight is 260 g/mol. The maximum absolute atomic E-state index is 12.2. The first-order valence-electron chi connectivity index (χ1n) is 4.37. The number of hydrogen-bond acceptors (Lipinski definition) is 5. The van der Waals surface area contributed by atoms with Crippen LogP contribution in [0.4, 0.5) is 8.78 Å². The van der Waals surface area contributed by atoms with E-state index in [0.717, 1.165) is 12.1 Å². The number of nitrogens with zero attached hydrogens (tertiary/aromatic N) is 4. The van der Waals surface area contributed by atoms with Gasteiger partial charge in [-0.25, -0.2) is 13.1 Å². The summed E-state index contributed by atoms with van der Waals surface area (Å²) in [7, 11) is -4.56. The van der Waals surface area contributed by atoms with Crippen molar-refractivity contribution in [3.05, 3.63) is 30.6 Å². The Labute approximate surface area is 94.8 Å². The third-order valence-corrected chi connectivity index (χ3v) is 3.41. The van der Waals surface area contributed by atoms with Gasteiger partial charge in [-0.05, 0) is 34.7 Å². The molecule has 17 heavy (non-hydrogen) atoms. The van der Waals surface area contributed by atoms with Gasteiger partial charge in [-0.3, -0.25) is 0 Å². The summed E-state index contributed by atoms with van der Waals surface area (Å²) in [6, 6.07) is 4.84. The molecule has 1 aromatic carbocycles. The molecule has 0 saturated carbocycles. The zero-order chi connectivity index (χ0) is 12.5. The molecule has 0 amide bonds. The van der Waals surface area contributed by atoms with Gasteiger partial charge in [-0.2, -0.15) is 8.78 Å². The van der Waals surface area contributed by atoms with Crippen molar-refractivity contribution in [1.82, 2.24) is 20.2 Å². The van der Waals surface area contributed by atoms with E-state index in [9.17, 15) is 17.2 Å². The van der Waals surface area contributed by atoms with Crippen molar-refractivity contribution in [3.8, 4) is 5.69 Å². The topological polar surface area (TPSA) is 77.7 Å². The molecule has 0 atom stereocenters. The molecule has 0 N–H and O–H groups in total. The lowest BCUT2D eigenvalue weighted by atomic mass is 10.3. The van der Waals surface area contributed by atoms with E-state index in [-0.39, 0.29) is 0 Å². The predicted octanol–water partition coefficient (Wildman–Crippen LogP) is 0.659. The van der Waals surface area contributed by atoms with Crippen molar-refractivity contribution < 1.29 is 17.2 Å². The molecule has 0 spiro atoms. The molecule has 0 aliphatic heterocycles. The highest BCUT2D eigenvalue weighted by Gasteiger charge is 2.26. The number of hydrogen-bond donors (Lipinski definition) is 0. The van der Waals surface area contributed by atoms with E-state index < -0.39 is 20.5 Å². The first-order valence-corrected chi connectivity index (χ1v) is 5.92. The van der Waals surface area contributed by atoms with Crippen LogP contribution in [-0.4, -0.2) is 34.4 Å². The van der Waals surface area contributed by atoms with Crippen LogP contribution in [0.2, 0.25) is 0 Å². The van der Waals surface area contributed by atoms with Crippen LogP contribution in [-0.2, 0) is 9.84 Å². The third-order valence-electron chi connectivity index (χ3n) is 2.01. The van der Waals surface area contributed by atoms with E-state index in [1.54, 1.807) is 0 Å². The van der Waals surface area contributed by atoms with Crippen molar-refractivity contribution in [2.75, 3.05) is 0 Å². The first-order chi connectivity index (χ1) is 8.01. The maximum atomic E-state index is 12.2. The minimum absolute atomic E-state index is 0.440. The van der Waals surface area contributed by atoms with Crippen LogP contribution >= 0.6 is 0 Å². The summed E-state index contributed by atoms with van der Waals surface area (Å²) in [5, 5.41) is 10.4. The monoisotopic (exact) mass is 260 g/mol.